The molecule has 0 atom stereocenters. The maximum Gasteiger partial charge on any atom is 0.293 e. The number of fused-ring (bicyclic) bond motifs is 1. The van der Waals surface area contributed by atoms with Gasteiger partial charge in [0.2, 0.25) is 6.20 Å². The second-order valence-electron chi connectivity index (χ2n) is 6.93. The predicted octanol–water partition coefficient (Wildman–Crippen LogP) is 5.94. The van der Waals surface area contributed by atoms with Crippen LogP contribution in [0.25, 0.3) is 33.3 Å². The predicted molar refractivity (Wildman–Crippen MR) is 125 cm³/mol. The van der Waals surface area contributed by atoms with E-state index in [9.17, 15) is 0 Å². The Morgan fingerprint density at radius 3 is 2.17 bits per heavy atom. The van der Waals surface area contributed by atoms with E-state index in [1.54, 1.807) is 24.0 Å². The summed E-state index contributed by atoms with van der Waals surface area (Å²) in [5.74, 6) is 0.774. The minimum atomic E-state index is 0.511. The van der Waals surface area contributed by atoms with Gasteiger partial charge in [0.25, 0.3) is 5.69 Å². The molecule has 4 aromatic rings. The highest BCUT2D eigenvalue weighted by Gasteiger charge is 2.27. The van der Waals surface area contributed by atoms with Crippen molar-refractivity contribution in [1.29, 1.82) is 0 Å². The number of halogens is 3. The molecule has 2 heterocycles. The van der Waals surface area contributed by atoms with Crippen molar-refractivity contribution in [2.24, 2.45) is 0 Å². The molecule has 0 bridgehead atoms. The van der Waals surface area contributed by atoms with Crippen molar-refractivity contribution in [2.45, 2.75) is 0 Å². The molecular formula is C23H19Cl3N3O+. The highest BCUT2D eigenvalue weighted by molar-refractivity contribution is 6.39. The number of anilines is 1. The van der Waals surface area contributed by atoms with Gasteiger partial charge in [-0.05, 0) is 29.8 Å². The van der Waals surface area contributed by atoms with Crippen LogP contribution in [0.3, 0.4) is 0 Å². The second-order valence-corrected chi connectivity index (χ2v) is 8.16. The van der Waals surface area contributed by atoms with Crippen LogP contribution in [-0.4, -0.2) is 26.2 Å². The lowest BCUT2D eigenvalue weighted by Gasteiger charge is -2.17. The molecule has 0 unspecified atom stereocenters. The van der Waals surface area contributed by atoms with Gasteiger partial charge >= 0.3 is 0 Å². The zero-order valence-electron chi connectivity index (χ0n) is 16.7. The van der Waals surface area contributed by atoms with Crippen LogP contribution in [-0.2, 0) is 0 Å². The van der Waals surface area contributed by atoms with Crippen LogP contribution < -0.4 is 14.5 Å². The van der Waals surface area contributed by atoms with Crippen molar-refractivity contribution in [3.8, 4) is 22.4 Å². The molecule has 0 radical (unpaired) electrons. The molecule has 0 spiro atoms. The summed E-state index contributed by atoms with van der Waals surface area (Å²) in [6.07, 6.45) is 1.83. The summed E-state index contributed by atoms with van der Waals surface area (Å²) in [4.78, 5) is 12.5. The van der Waals surface area contributed by atoms with E-state index in [0.29, 0.717) is 31.8 Å². The molecule has 30 heavy (non-hydrogen) atoms. The Hall–Kier alpha value is -2.53. The maximum atomic E-state index is 6.57. The Labute approximate surface area is 190 Å². The van der Waals surface area contributed by atoms with Gasteiger partial charge < -0.3 is 4.90 Å². The maximum absolute atomic E-state index is 6.57. The van der Waals surface area contributed by atoms with Crippen molar-refractivity contribution >= 4 is 51.5 Å². The molecule has 152 valence electrons. The Balaban J connectivity index is 2.19. The Morgan fingerprint density at radius 1 is 0.867 bits per heavy atom. The monoisotopic (exact) mass is 458 g/mol. The van der Waals surface area contributed by atoms with Gasteiger partial charge in [0.15, 0.2) is 5.52 Å². The van der Waals surface area contributed by atoms with Gasteiger partial charge in [0.1, 0.15) is 12.9 Å². The molecule has 0 N–H and O–H groups in total. The molecule has 7 heteroatoms. The van der Waals surface area contributed by atoms with Crippen LogP contribution >= 0.6 is 34.8 Å². The first-order chi connectivity index (χ1) is 14.4. The molecule has 0 aliphatic heterocycles. The fraction of sp³-hybridized carbons (Fsp3) is 0.130. The first-order valence-corrected chi connectivity index (χ1v) is 10.4. The average Bonchev–Trinajstić information content (AvgIpc) is 2.73. The fourth-order valence-electron chi connectivity index (χ4n) is 3.45. The molecule has 2 aromatic heterocycles. The van der Waals surface area contributed by atoms with Gasteiger partial charge in [0, 0.05) is 40.9 Å². The van der Waals surface area contributed by atoms with E-state index < -0.39 is 0 Å². The molecule has 0 saturated carbocycles. The lowest BCUT2D eigenvalue weighted by Crippen LogP contribution is -2.42. The lowest BCUT2D eigenvalue weighted by molar-refractivity contribution is -0.876. The van der Waals surface area contributed by atoms with Gasteiger partial charge in [-0.15, -0.1) is 0 Å². The summed E-state index contributed by atoms with van der Waals surface area (Å²) in [6, 6.07) is 17.1. The Kier molecular flexibility index (Phi) is 5.74. The minimum absolute atomic E-state index is 0.511. The SMILES string of the molecule is CO[n+]1ccc2c(-c3ccccc3Cl)cc(N(C)C)nc2c1-c1c(Cl)cccc1Cl. The summed E-state index contributed by atoms with van der Waals surface area (Å²) >= 11 is 19.7. The molecular weight excluding hydrogens is 441 g/mol. The first kappa shape index (κ1) is 20.7. The van der Waals surface area contributed by atoms with Crippen LogP contribution in [0.15, 0.2) is 60.8 Å². The van der Waals surface area contributed by atoms with Crippen LogP contribution in [0.4, 0.5) is 5.82 Å². The molecule has 0 amide bonds. The molecule has 0 fully saturated rings. The number of aromatic nitrogens is 2. The summed E-state index contributed by atoms with van der Waals surface area (Å²) in [5, 5.41) is 2.60. The van der Waals surface area contributed by atoms with E-state index in [1.165, 1.54) is 0 Å². The van der Waals surface area contributed by atoms with Crippen molar-refractivity contribution in [1.82, 2.24) is 4.98 Å². The molecule has 4 nitrogen and oxygen atoms in total. The van der Waals surface area contributed by atoms with Crippen LogP contribution in [0.2, 0.25) is 15.1 Å². The number of hydrogen-bond donors (Lipinski definition) is 0. The summed E-state index contributed by atoms with van der Waals surface area (Å²) in [7, 11) is 5.48. The number of hydrogen-bond acceptors (Lipinski definition) is 3. The largest absolute Gasteiger partial charge is 0.363 e. The first-order valence-electron chi connectivity index (χ1n) is 9.23. The van der Waals surface area contributed by atoms with E-state index >= 15 is 0 Å². The zero-order chi connectivity index (χ0) is 21.4. The number of nitrogens with zero attached hydrogens (tertiary/aromatic N) is 3. The third kappa shape index (κ3) is 3.56. The highest BCUT2D eigenvalue weighted by Crippen LogP contribution is 2.40. The minimum Gasteiger partial charge on any atom is -0.363 e. The average molecular weight is 460 g/mol. The normalized spacial score (nSPS) is 11.0. The smallest absolute Gasteiger partial charge is 0.293 e. The molecule has 0 saturated heterocycles. The molecule has 0 aliphatic rings. The van der Waals surface area contributed by atoms with Gasteiger partial charge in [0.05, 0.1) is 15.6 Å². The topological polar surface area (TPSA) is 29.2 Å². The highest BCUT2D eigenvalue weighted by atomic mass is 35.5. The fourth-order valence-corrected chi connectivity index (χ4v) is 4.26. The third-order valence-electron chi connectivity index (χ3n) is 4.88. The number of pyridine rings is 2. The Bertz CT molecular complexity index is 1240. The van der Waals surface area contributed by atoms with E-state index in [-0.39, 0.29) is 0 Å². The van der Waals surface area contributed by atoms with Crippen molar-refractivity contribution in [2.75, 3.05) is 26.1 Å². The van der Waals surface area contributed by atoms with Gasteiger partial charge in [-0.2, -0.15) is 0 Å². The molecule has 4 rings (SSSR count). The van der Waals surface area contributed by atoms with Crippen molar-refractivity contribution < 1.29 is 9.57 Å². The summed E-state index contributed by atoms with van der Waals surface area (Å²) in [6.45, 7) is 0. The lowest BCUT2D eigenvalue weighted by atomic mass is 9.99. The quantitative estimate of drug-likeness (QED) is 0.354. The summed E-state index contributed by atoms with van der Waals surface area (Å²) in [5.41, 5.74) is 3.91. The van der Waals surface area contributed by atoms with E-state index in [2.05, 4.69) is 0 Å². The van der Waals surface area contributed by atoms with Crippen LogP contribution in [0.5, 0.6) is 0 Å². The van der Waals surface area contributed by atoms with Crippen molar-refractivity contribution in [3.63, 3.8) is 0 Å². The second kappa shape index (κ2) is 8.31. The number of rotatable bonds is 4. The number of benzene rings is 2. The Morgan fingerprint density at radius 2 is 1.53 bits per heavy atom. The summed E-state index contributed by atoms with van der Waals surface area (Å²) < 4.78 is 1.62. The third-order valence-corrected chi connectivity index (χ3v) is 5.84. The van der Waals surface area contributed by atoms with E-state index in [1.807, 2.05) is 67.7 Å². The van der Waals surface area contributed by atoms with E-state index in [0.717, 1.165) is 22.3 Å². The van der Waals surface area contributed by atoms with Crippen LogP contribution in [0.1, 0.15) is 0 Å². The molecule has 0 aliphatic carbocycles. The molecule has 2 aromatic carbocycles. The van der Waals surface area contributed by atoms with Gasteiger partial charge in [-0.3, -0.25) is 4.84 Å². The van der Waals surface area contributed by atoms with Gasteiger partial charge in [-0.25, -0.2) is 4.98 Å². The van der Waals surface area contributed by atoms with Crippen molar-refractivity contribution in [3.05, 3.63) is 75.9 Å². The standard InChI is InChI=1S/C23H19Cl3N3O/c1-28(2)20-13-16(14-7-4-5-8-17(14)24)15-11-12-29(30-3)23(22(15)27-20)21-18(25)9-6-10-19(21)26/h4-13H,1-3H3/q+1. The van der Waals surface area contributed by atoms with E-state index in [4.69, 9.17) is 44.6 Å². The van der Waals surface area contributed by atoms with Crippen LogP contribution in [0, 0.1) is 0 Å². The van der Waals surface area contributed by atoms with Gasteiger partial charge in [-0.1, -0.05) is 59.1 Å². The zero-order valence-corrected chi connectivity index (χ0v) is 18.9.